The highest BCUT2D eigenvalue weighted by Gasteiger charge is 2.17. The van der Waals surface area contributed by atoms with Gasteiger partial charge in [-0.05, 0) is 54.1 Å². The molecular formula is C21H16ClFN4O3. The Morgan fingerprint density at radius 2 is 1.90 bits per heavy atom. The zero-order chi connectivity index (χ0) is 20.9. The van der Waals surface area contributed by atoms with Crippen LogP contribution in [0.1, 0.15) is 15.9 Å². The quantitative estimate of drug-likeness (QED) is 0.486. The van der Waals surface area contributed by atoms with Crippen molar-refractivity contribution in [2.24, 2.45) is 4.99 Å². The predicted molar refractivity (Wildman–Crippen MR) is 110 cm³/mol. The summed E-state index contributed by atoms with van der Waals surface area (Å²) in [5, 5.41) is 5.65. The van der Waals surface area contributed by atoms with Crippen LogP contribution in [0.2, 0.25) is 5.02 Å². The van der Waals surface area contributed by atoms with Gasteiger partial charge in [0.15, 0.2) is 11.5 Å². The van der Waals surface area contributed by atoms with Crippen molar-refractivity contribution in [3.05, 3.63) is 82.9 Å². The molecule has 0 radical (unpaired) electrons. The van der Waals surface area contributed by atoms with Crippen LogP contribution in [0.15, 0.2) is 65.9 Å². The third-order valence-electron chi connectivity index (χ3n) is 4.22. The van der Waals surface area contributed by atoms with E-state index in [1.165, 1.54) is 18.2 Å². The topological polar surface area (TPSA) is 84.8 Å². The van der Waals surface area contributed by atoms with Crippen molar-refractivity contribution < 1.29 is 18.7 Å². The molecule has 0 unspecified atom stereocenters. The van der Waals surface area contributed by atoms with Gasteiger partial charge in [0.05, 0.1) is 11.6 Å². The first kappa shape index (κ1) is 19.7. The number of nitrogens with zero attached hydrogens (tertiary/aromatic N) is 2. The molecule has 30 heavy (non-hydrogen) atoms. The number of amides is 1. The normalized spacial score (nSPS) is 12.5. The monoisotopic (exact) mass is 426 g/mol. The molecule has 1 aliphatic heterocycles. The molecular weight excluding hydrogens is 411 g/mol. The molecule has 1 aromatic heterocycles. The lowest BCUT2D eigenvalue weighted by Gasteiger charge is -2.13. The molecule has 0 saturated carbocycles. The average molecular weight is 427 g/mol. The summed E-state index contributed by atoms with van der Waals surface area (Å²) in [7, 11) is 0. The van der Waals surface area contributed by atoms with Crippen LogP contribution >= 0.6 is 11.6 Å². The number of carbonyl (C=O) groups excluding carboxylic acids is 1. The number of fused-ring (bicyclic) bond motifs is 1. The molecule has 0 bridgehead atoms. The van der Waals surface area contributed by atoms with E-state index in [-0.39, 0.29) is 17.8 Å². The van der Waals surface area contributed by atoms with Crippen molar-refractivity contribution in [2.75, 3.05) is 12.1 Å². The number of rotatable bonds is 4. The molecule has 152 valence electrons. The standard InChI is InChI=1S/C21H16ClFN4O3/c22-16-10-15(2-3-17(16)23)26-21(25-11-13-5-7-24-8-6-13)27-20(28)14-1-4-18-19(9-14)30-12-29-18/h1-10H,11-12H2,(H2,25,26,27,28). The largest absolute Gasteiger partial charge is 0.454 e. The van der Waals surface area contributed by atoms with Gasteiger partial charge in [-0.25, -0.2) is 9.38 Å². The number of nitrogens with one attached hydrogen (secondary N) is 2. The Hall–Kier alpha value is -3.65. The highest BCUT2D eigenvalue weighted by Crippen LogP contribution is 2.32. The maximum absolute atomic E-state index is 13.5. The molecule has 0 aliphatic carbocycles. The van der Waals surface area contributed by atoms with Gasteiger partial charge in [0.2, 0.25) is 12.8 Å². The van der Waals surface area contributed by atoms with Crippen molar-refractivity contribution in [1.29, 1.82) is 0 Å². The van der Waals surface area contributed by atoms with E-state index in [1.807, 2.05) is 12.1 Å². The Balaban J connectivity index is 1.55. The highest BCUT2D eigenvalue weighted by atomic mass is 35.5. The molecule has 1 amide bonds. The number of aliphatic imine (C=N–C) groups is 1. The molecule has 0 fully saturated rings. The van der Waals surface area contributed by atoms with Crippen LogP contribution in [-0.4, -0.2) is 23.6 Å². The van der Waals surface area contributed by atoms with E-state index in [0.29, 0.717) is 29.3 Å². The minimum atomic E-state index is -0.540. The fourth-order valence-electron chi connectivity index (χ4n) is 2.70. The lowest BCUT2D eigenvalue weighted by atomic mass is 10.2. The number of halogens is 2. The summed E-state index contributed by atoms with van der Waals surface area (Å²) >= 11 is 5.85. The zero-order valence-corrected chi connectivity index (χ0v) is 16.3. The van der Waals surface area contributed by atoms with Crippen molar-refractivity contribution in [1.82, 2.24) is 10.3 Å². The second kappa shape index (κ2) is 8.79. The second-order valence-electron chi connectivity index (χ2n) is 6.30. The molecule has 7 nitrogen and oxygen atoms in total. The fourth-order valence-corrected chi connectivity index (χ4v) is 2.88. The number of hydrogen-bond donors (Lipinski definition) is 2. The number of guanidine groups is 1. The van der Waals surface area contributed by atoms with E-state index >= 15 is 0 Å². The van der Waals surface area contributed by atoms with Crippen molar-refractivity contribution in [3.63, 3.8) is 0 Å². The third-order valence-corrected chi connectivity index (χ3v) is 4.51. The van der Waals surface area contributed by atoms with Gasteiger partial charge in [0, 0.05) is 23.6 Å². The summed E-state index contributed by atoms with van der Waals surface area (Å²) in [5.74, 6) is 0.315. The summed E-state index contributed by atoms with van der Waals surface area (Å²) in [6.45, 7) is 0.410. The SMILES string of the molecule is O=C(NC(=NCc1ccncc1)Nc1ccc(F)c(Cl)c1)c1ccc2c(c1)OCO2. The first-order valence-electron chi connectivity index (χ1n) is 8.95. The number of benzene rings is 2. The summed E-state index contributed by atoms with van der Waals surface area (Å²) in [5.41, 5.74) is 1.74. The Morgan fingerprint density at radius 3 is 2.70 bits per heavy atom. The zero-order valence-electron chi connectivity index (χ0n) is 15.6. The molecule has 0 saturated heterocycles. The number of aromatic nitrogens is 1. The Labute approximate surface area is 176 Å². The molecule has 2 aromatic carbocycles. The maximum Gasteiger partial charge on any atom is 0.258 e. The first-order valence-corrected chi connectivity index (χ1v) is 9.33. The van der Waals surface area contributed by atoms with Gasteiger partial charge in [0.25, 0.3) is 5.91 Å². The van der Waals surface area contributed by atoms with E-state index in [1.54, 1.807) is 30.6 Å². The smallest absolute Gasteiger partial charge is 0.258 e. The Morgan fingerprint density at radius 1 is 1.10 bits per heavy atom. The van der Waals surface area contributed by atoms with E-state index < -0.39 is 11.7 Å². The summed E-state index contributed by atoms with van der Waals surface area (Å²) < 4.78 is 24.0. The number of hydrogen-bond acceptors (Lipinski definition) is 5. The van der Waals surface area contributed by atoms with Crippen molar-refractivity contribution >= 4 is 29.2 Å². The predicted octanol–water partition coefficient (Wildman–Crippen LogP) is 4.00. The van der Waals surface area contributed by atoms with Gasteiger partial charge >= 0.3 is 0 Å². The van der Waals surface area contributed by atoms with Crippen LogP contribution in [0.25, 0.3) is 0 Å². The third kappa shape index (κ3) is 4.66. The molecule has 3 aromatic rings. The lowest BCUT2D eigenvalue weighted by Crippen LogP contribution is -2.36. The van der Waals surface area contributed by atoms with Gasteiger partial charge in [-0.15, -0.1) is 0 Å². The number of anilines is 1. The number of carbonyl (C=O) groups is 1. The van der Waals surface area contributed by atoms with E-state index in [2.05, 4.69) is 20.6 Å². The number of pyridine rings is 1. The van der Waals surface area contributed by atoms with E-state index in [0.717, 1.165) is 5.56 Å². The fraction of sp³-hybridized carbons (Fsp3) is 0.0952. The van der Waals surface area contributed by atoms with Crippen LogP contribution in [0.4, 0.5) is 10.1 Å². The maximum atomic E-state index is 13.5. The van der Waals surface area contributed by atoms with Crippen LogP contribution in [0.5, 0.6) is 11.5 Å². The molecule has 0 spiro atoms. The summed E-state index contributed by atoms with van der Waals surface area (Å²) in [4.78, 5) is 21.2. The molecule has 9 heteroatoms. The summed E-state index contributed by atoms with van der Waals surface area (Å²) in [6.07, 6.45) is 3.31. The minimum Gasteiger partial charge on any atom is -0.454 e. The van der Waals surface area contributed by atoms with Gasteiger partial charge in [-0.2, -0.15) is 0 Å². The van der Waals surface area contributed by atoms with E-state index in [9.17, 15) is 9.18 Å². The lowest BCUT2D eigenvalue weighted by molar-refractivity contribution is 0.0976. The summed E-state index contributed by atoms with van der Waals surface area (Å²) in [6, 6.07) is 12.6. The van der Waals surface area contributed by atoms with Crippen molar-refractivity contribution in [3.8, 4) is 11.5 Å². The van der Waals surface area contributed by atoms with Gasteiger partial charge in [0.1, 0.15) is 5.82 Å². The second-order valence-corrected chi connectivity index (χ2v) is 6.70. The first-order chi connectivity index (χ1) is 14.6. The Kier molecular flexibility index (Phi) is 5.76. The number of ether oxygens (including phenoxy) is 2. The molecule has 2 N–H and O–H groups in total. The van der Waals surface area contributed by atoms with Gasteiger partial charge in [-0.3, -0.25) is 15.1 Å². The van der Waals surface area contributed by atoms with Gasteiger partial charge in [-0.1, -0.05) is 11.6 Å². The van der Waals surface area contributed by atoms with E-state index in [4.69, 9.17) is 21.1 Å². The Bertz CT molecular complexity index is 1110. The minimum absolute atomic E-state index is 0.0458. The van der Waals surface area contributed by atoms with Crippen LogP contribution in [0, 0.1) is 5.82 Å². The molecule has 4 rings (SSSR count). The van der Waals surface area contributed by atoms with Crippen LogP contribution in [0.3, 0.4) is 0 Å². The van der Waals surface area contributed by atoms with Crippen LogP contribution in [-0.2, 0) is 6.54 Å². The highest BCUT2D eigenvalue weighted by molar-refractivity contribution is 6.31. The molecule has 0 atom stereocenters. The molecule has 1 aliphatic rings. The van der Waals surface area contributed by atoms with Crippen molar-refractivity contribution in [2.45, 2.75) is 6.54 Å². The van der Waals surface area contributed by atoms with Crippen LogP contribution < -0.4 is 20.1 Å². The van der Waals surface area contributed by atoms with Gasteiger partial charge < -0.3 is 14.8 Å². The molecule has 2 heterocycles. The average Bonchev–Trinajstić information content (AvgIpc) is 3.23.